The molecule has 1 fully saturated rings. The molecule has 0 saturated carbocycles. The summed E-state index contributed by atoms with van der Waals surface area (Å²) in [4.78, 5) is 27.6. The molecule has 0 amide bonds. The molecule has 5 atom stereocenters. The minimum atomic E-state index is -0.762. The molecule has 0 radical (unpaired) electrons. The van der Waals surface area contributed by atoms with Gasteiger partial charge < -0.3 is 29.2 Å². The van der Waals surface area contributed by atoms with Gasteiger partial charge in [0.05, 0.1) is 0 Å². The molecule has 1 saturated heterocycles. The quantitative estimate of drug-likeness (QED) is 0.299. The fourth-order valence-corrected chi connectivity index (χ4v) is 4.25. The summed E-state index contributed by atoms with van der Waals surface area (Å²) in [5.74, 6) is -0.379. The molecule has 3 aliphatic heterocycles. The maximum atomic E-state index is 12.0. The average Bonchev–Trinajstić information content (AvgIpc) is 3.15. The summed E-state index contributed by atoms with van der Waals surface area (Å²) < 4.78 is 21.4. The Morgan fingerprint density at radius 1 is 1.35 bits per heavy atom. The second-order valence-electron chi connectivity index (χ2n) is 8.82. The molecule has 3 heterocycles. The van der Waals surface area contributed by atoms with Gasteiger partial charge in [-0.25, -0.2) is 4.79 Å². The number of hydrogen-bond donors (Lipinski definition) is 1. The van der Waals surface area contributed by atoms with Crippen LogP contribution in [0.5, 0.6) is 0 Å². The Kier molecular flexibility index (Phi) is 9.80. The Balaban J connectivity index is 1.38. The van der Waals surface area contributed by atoms with Gasteiger partial charge in [-0.2, -0.15) is 0 Å². The van der Waals surface area contributed by atoms with E-state index < -0.39 is 18.4 Å². The molecule has 0 spiro atoms. The minimum Gasteiger partial charge on any atom is -0.460 e. The van der Waals surface area contributed by atoms with Gasteiger partial charge in [0.1, 0.15) is 39.4 Å². The van der Waals surface area contributed by atoms with Gasteiger partial charge in [-0.3, -0.25) is 9.69 Å². The lowest BCUT2D eigenvalue weighted by Crippen LogP contribution is -2.45. The number of nitrogens with one attached hydrogen (secondary N) is 1. The molecule has 1 N–H and O–H groups in total. The molecule has 9 nitrogen and oxygen atoms in total. The molecule has 34 heavy (non-hydrogen) atoms. The third-order valence-corrected chi connectivity index (χ3v) is 6.05. The first kappa shape index (κ1) is 26.1. The van der Waals surface area contributed by atoms with Crippen LogP contribution in [0.2, 0.25) is 0 Å². The Morgan fingerprint density at radius 2 is 2.18 bits per heavy atom. The number of rotatable bonds is 9. The monoisotopic (exact) mass is 473 g/mol. The van der Waals surface area contributed by atoms with Crippen LogP contribution < -0.4 is 5.32 Å². The zero-order valence-corrected chi connectivity index (χ0v) is 20.5. The van der Waals surface area contributed by atoms with Gasteiger partial charge in [-0.15, -0.1) is 0 Å². The van der Waals surface area contributed by atoms with Gasteiger partial charge in [-0.05, 0) is 38.2 Å². The summed E-state index contributed by atoms with van der Waals surface area (Å²) in [5, 5.41) is 3.45. The van der Waals surface area contributed by atoms with E-state index in [1.165, 1.54) is 6.92 Å². The summed E-state index contributed by atoms with van der Waals surface area (Å²) in [6, 6.07) is 0.194. The van der Waals surface area contributed by atoms with Crippen molar-refractivity contribution in [2.24, 2.45) is 0 Å². The van der Waals surface area contributed by atoms with Crippen LogP contribution in [0.25, 0.3) is 0 Å². The Hall–Kier alpha value is -2.56. The highest BCUT2D eigenvalue weighted by Crippen LogP contribution is 2.22. The Bertz CT molecular complexity index is 830. The lowest BCUT2D eigenvalue weighted by Gasteiger charge is -2.37. The second-order valence-corrected chi connectivity index (χ2v) is 8.82. The van der Waals surface area contributed by atoms with Crippen molar-refractivity contribution >= 4 is 20.0 Å². The maximum Gasteiger partial charge on any atom is 0.508 e. The molecule has 0 aromatic heterocycles. The van der Waals surface area contributed by atoms with Crippen LogP contribution >= 0.6 is 0 Å². The number of ether oxygens (including phenoxy) is 4. The molecule has 0 bridgehead atoms. The van der Waals surface area contributed by atoms with Crippen LogP contribution in [0.1, 0.15) is 19.8 Å². The summed E-state index contributed by atoms with van der Waals surface area (Å²) in [7, 11) is 5.92. The molecule has 3 rings (SSSR count). The van der Waals surface area contributed by atoms with E-state index >= 15 is 0 Å². The molecule has 3 aliphatic rings. The topological polar surface area (TPSA) is 89.6 Å². The fraction of sp³-hybridized carbons (Fsp3) is 0.583. The smallest absolute Gasteiger partial charge is 0.460 e. The number of hydrogen-bond acceptors (Lipinski definition) is 9. The number of carbonyl (C=O) groups excluding carboxylic acids is 2. The highest BCUT2D eigenvalue weighted by atomic mass is 16.7. The standard InChI is InChI=1S/C24H36BN3O6/c1-17(29)33-20-15-22(25)34-21(20)16-32-24(30)31-14-13-27(2)23-9-6-8-19(28(23)3)11-10-18-7-4-5-12-26-18/h4,6-11,18,20-23,26H,5,12-16,25H2,1-3H3/b11-10+/t18?,20?,21?,22-,23?/m1/s1. The van der Waals surface area contributed by atoms with Crippen molar-refractivity contribution in [3.05, 3.63) is 48.2 Å². The predicted molar refractivity (Wildman–Crippen MR) is 131 cm³/mol. The summed E-state index contributed by atoms with van der Waals surface area (Å²) >= 11 is 0. The van der Waals surface area contributed by atoms with Crippen molar-refractivity contribution in [2.45, 2.75) is 50.2 Å². The maximum absolute atomic E-state index is 12.0. The lowest BCUT2D eigenvalue weighted by molar-refractivity contribution is -0.150. The van der Waals surface area contributed by atoms with E-state index in [2.05, 4.69) is 51.6 Å². The summed E-state index contributed by atoms with van der Waals surface area (Å²) in [6.07, 6.45) is 14.9. The van der Waals surface area contributed by atoms with E-state index in [0.717, 1.165) is 18.7 Å². The van der Waals surface area contributed by atoms with Crippen LogP contribution in [0.3, 0.4) is 0 Å². The van der Waals surface area contributed by atoms with Crippen molar-refractivity contribution in [2.75, 3.05) is 40.4 Å². The van der Waals surface area contributed by atoms with E-state index in [1.807, 2.05) is 28.0 Å². The first-order valence-electron chi connectivity index (χ1n) is 11.9. The zero-order valence-electron chi connectivity index (χ0n) is 20.5. The van der Waals surface area contributed by atoms with Crippen molar-refractivity contribution in [1.29, 1.82) is 0 Å². The Labute approximate surface area is 202 Å². The van der Waals surface area contributed by atoms with Crippen LogP contribution in [0.4, 0.5) is 4.79 Å². The van der Waals surface area contributed by atoms with Crippen molar-refractivity contribution in [1.82, 2.24) is 15.1 Å². The van der Waals surface area contributed by atoms with Gasteiger partial charge in [0, 0.05) is 44.7 Å². The third kappa shape index (κ3) is 7.75. The van der Waals surface area contributed by atoms with Crippen LogP contribution in [-0.2, 0) is 23.7 Å². The SMILES string of the molecule is B[C@H]1CC(OC(C)=O)C(COC(=O)OCCN(C)C2C=CC=C(/C=C/C3C=CCCN3)N2C)O1. The first-order chi connectivity index (χ1) is 16.3. The molecular formula is C24H36BN3O6. The first-order valence-corrected chi connectivity index (χ1v) is 11.9. The molecule has 0 aliphatic carbocycles. The number of likely N-dealkylation sites (N-methyl/N-ethyl adjacent to an activating group) is 2. The van der Waals surface area contributed by atoms with Crippen molar-refractivity contribution in [3.8, 4) is 0 Å². The normalized spacial score (nSPS) is 28.9. The van der Waals surface area contributed by atoms with Gasteiger partial charge in [0.25, 0.3) is 0 Å². The second kappa shape index (κ2) is 12.8. The van der Waals surface area contributed by atoms with Gasteiger partial charge >= 0.3 is 12.1 Å². The highest BCUT2D eigenvalue weighted by molar-refractivity contribution is 6.11. The molecule has 4 unspecified atom stereocenters. The van der Waals surface area contributed by atoms with Gasteiger partial charge in [-0.1, -0.05) is 24.3 Å². The van der Waals surface area contributed by atoms with Crippen LogP contribution in [-0.4, -0.2) is 101 Å². The van der Waals surface area contributed by atoms with E-state index in [-0.39, 0.29) is 37.4 Å². The highest BCUT2D eigenvalue weighted by Gasteiger charge is 2.36. The van der Waals surface area contributed by atoms with E-state index in [0.29, 0.717) is 13.0 Å². The van der Waals surface area contributed by atoms with E-state index in [4.69, 9.17) is 18.9 Å². The number of nitrogens with zero attached hydrogens (tertiary/aromatic N) is 2. The molecule has 10 heteroatoms. The minimum absolute atomic E-state index is 0.0173. The molecular weight excluding hydrogens is 437 g/mol. The fourth-order valence-electron chi connectivity index (χ4n) is 4.25. The Morgan fingerprint density at radius 3 is 2.91 bits per heavy atom. The predicted octanol–water partition coefficient (Wildman–Crippen LogP) is 0.937. The molecule has 186 valence electrons. The summed E-state index contributed by atoms with van der Waals surface area (Å²) in [5.41, 5.74) is 1.11. The van der Waals surface area contributed by atoms with E-state index in [1.54, 1.807) is 0 Å². The molecule has 0 aromatic carbocycles. The van der Waals surface area contributed by atoms with E-state index in [9.17, 15) is 9.59 Å². The van der Waals surface area contributed by atoms with Gasteiger partial charge in [0.2, 0.25) is 0 Å². The number of carbonyl (C=O) groups is 2. The van der Waals surface area contributed by atoms with Crippen molar-refractivity contribution in [3.63, 3.8) is 0 Å². The number of esters is 1. The lowest BCUT2D eigenvalue weighted by atomic mass is 9.96. The largest absolute Gasteiger partial charge is 0.508 e. The van der Waals surface area contributed by atoms with Gasteiger partial charge in [0.15, 0.2) is 0 Å². The average molecular weight is 473 g/mol. The van der Waals surface area contributed by atoms with Crippen molar-refractivity contribution < 1.29 is 28.5 Å². The van der Waals surface area contributed by atoms with Crippen LogP contribution in [0.15, 0.2) is 48.2 Å². The zero-order chi connectivity index (χ0) is 24.5. The number of allylic oxidation sites excluding steroid dienone is 3. The molecule has 0 aromatic rings. The summed E-state index contributed by atoms with van der Waals surface area (Å²) in [6.45, 7) is 3.05. The third-order valence-electron chi connectivity index (χ3n) is 6.05. The van der Waals surface area contributed by atoms with Crippen LogP contribution in [0, 0.1) is 0 Å².